The summed E-state index contributed by atoms with van der Waals surface area (Å²) in [6.07, 6.45) is 0.782. The molecule has 0 aromatic heterocycles. The molecular weight excluding hydrogens is 298 g/mol. The van der Waals surface area contributed by atoms with Gasteiger partial charge in [-0.2, -0.15) is 0 Å². The van der Waals surface area contributed by atoms with Gasteiger partial charge in [-0.05, 0) is 44.4 Å². The molecule has 7 heteroatoms. The number of hydrogen-bond donors (Lipinski definition) is 4. The number of benzene rings is 1. The second-order valence-corrected chi connectivity index (χ2v) is 6.02. The van der Waals surface area contributed by atoms with Crippen LogP contribution in [0.3, 0.4) is 0 Å². The van der Waals surface area contributed by atoms with Crippen molar-refractivity contribution in [2.75, 3.05) is 5.32 Å². The number of aliphatic carboxylic acids is 1. The van der Waals surface area contributed by atoms with E-state index in [1.807, 2.05) is 13.8 Å². The van der Waals surface area contributed by atoms with E-state index in [1.54, 1.807) is 24.3 Å². The third-order valence-corrected chi connectivity index (χ3v) is 3.68. The standard InChI is InChI=1S/C16H21N3O4/c1-10(2)18-15(23)19-12-5-3-11(4-6-12)9-17-13(20)16(7-8-16)14(21)22/h3-6,10H,7-9H2,1-2H3,(H,17,20)(H,21,22)(H2,18,19,23). The Bertz CT molecular complexity index is 606. The average molecular weight is 319 g/mol. The van der Waals surface area contributed by atoms with E-state index in [1.165, 1.54) is 0 Å². The number of urea groups is 1. The van der Waals surface area contributed by atoms with Crippen molar-refractivity contribution in [2.45, 2.75) is 39.3 Å². The number of amides is 3. The van der Waals surface area contributed by atoms with Gasteiger partial charge in [0.05, 0.1) is 0 Å². The van der Waals surface area contributed by atoms with Gasteiger partial charge in [-0.25, -0.2) is 4.79 Å². The van der Waals surface area contributed by atoms with E-state index in [2.05, 4.69) is 16.0 Å². The van der Waals surface area contributed by atoms with Crippen molar-refractivity contribution in [1.82, 2.24) is 10.6 Å². The smallest absolute Gasteiger partial charge is 0.319 e. The topological polar surface area (TPSA) is 108 Å². The molecule has 0 radical (unpaired) electrons. The van der Waals surface area contributed by atoms with E-state index in [0.717, 1.165) is 5.56 Å². The molecule has 124 valence electrons. The van der Waals surface area contributed by atoms with Crippen LogP contribution in [0.4, 0.5) is 10.5 Å². The molecule has 1 aromatic carbocycles. The molecule has 1 fully saturated rings. The van der Waals surface area contributed by atoms with Crippen molar-refractivity contribution in [3.63, 3.8) is 0 Å². The molecule has 0 spiro atoms. The van der Waals surface area contributed by atoms with Crippen molar-refractivity contribution in [3.05, 3.63) is 29.8 Å². The van der Waals surface area contributed by atoms with Crippen LogP contribution in [0.15, 0.2) is 24.3 Å². The van der Waals surface area contributed by atoms with Gasteiger partial charge in [0.2, 0.25) is 5.91 Å². The summed E-state index contributed by atoms with van der Waals surface area (Å²) in [7, 11) is 0. The van der Waals surface area contributed by atoms with Gasteiger partial charge >= 0.3 is 12.0 Å². The quantitative estimate of drug-likeness (QED) is 0.598. The minimum Gasteiger partial charge on any atom is -0.480 e. The Kier molecular flexibility index (Phi) is 4.88. The number of carboxylic acid groups (broad SMARTS) is 1. The molecule has 2 rings (SSSR count). The summed E-state index contributed by atoms with van der Waals surface area (Å²) in [6.45, 7) is 4.00. The summed E-state index contributed by atoms with van der Waals surface area (Å²) in [6, 6.07) is 6.76. The number of nitrogens with one attached hydrogen (secondary N) is 3. The second kappa shape index (κ2) is 6.68. The molecule has 0 aliphatic heterocycles. The molecule has 0 saturated heterocycles. The number of rotatable bonds is 6. The Morgan fingerprint density at radius 3 is 2.26 bits per heavy atom. The zero-order valence-corrected chi connectivity index (χ0v) is 13.2. The minimum atomic E-state index is -1.23. The SMILES string of the molecule is CC(C)NC(=O)Nc1ccc(CNC(=O)C2(C(=O)O)CC2)cc1. The van der Waals surface area contributed by atoms with E-state index in [9.17, 15) is 14.4 Å². The summed E-state index contributed by atoms with van der Waals surface area (Å²) in [5.41, 5.74) is 0.243. The van der Waals surface area contributed by atoms with Crippen LogP contribution in [0.2, 0.25) is 0 Å². The van der Waals surface area contributed by atoms with Crippen molar-refractivity contribution in [3.8, 4) is 0 Å². The molecule has 23 heavy (non-hydrogen) atoms. The molecule has 3 amide bonds. The Morgan fingerprint density at radius 2 is 1.78 bits per heavy atom. The van der Waals surface area contributed by atoms with E-state index in [0.29, 0.717) is 18.5 Å². The van der Waals surface area contributed by atoms with E-state index < -0.39 is 17.3 Å². The Labute approximate surface area is 134 Å². The summed E-state index contributed by atoms with van der Waals surface area (Å²) in [5, 5.41) is 17.1. The lowest BCUT2D eigenvalue weighted by molar-refractivity contribution is -0.149. The molecular formula is C16H21N3O4. The molecule has 7 nitrogen and oxygen atoms in total. The molecule has 1 aliphatic carbocycles. The lowest BCUT2D eigenvalue weighted by Crippen LogP contribution is -2.36. The molecule has 1 aromatic rings. The highest BCUT2D eigenvalue weighted by molar-refractivity contribution is 6.04. The minimum absolute atomic E-state index is 0.0495. The summed E-state index contributed by atoms with van der Waals surface area (Å²) in [5.74, 6) is -1.51. The van der Waals surface area contributed by atoms with Gasteiger partial charge in [-0.3, -0.25) is 9.59 Å². The van der Waals surface area contributed by atoms with Gasteiger partial charge in [-0.15, -0.1) is 0 Å². The lowest BCUT2D eigenvalue weighted by Gasteiger charge is -2.12. The number of anilines is 1. The Morgan fingerprint density at radius 1 is 1.17 bits per heavy atom. The summed E-state index contributed by atoms with van der Waals surface area (Å²) < 4.78 is 0. The monoisotopic (exact) mass is 319 g/mol. The van der Waals surface area contributed by atoms with Gasteiger partial charge in [0.1, 0.15) is 5.41 Å². The van der Waals surface area contributed by atoms with Gasteiger partial charge in [0.15, 0.2) is 0 Å². The third kappa shape index (κ3) is 4.21. The molecule has 1 saturated carbocycles. The molecule has 0 unspecified atom stereocenters. The van der Waals surface area contributed by atoms with Crippen LogP contribution in [0.5, 0.6) is 0 Å². The fraction of sp³-hybridized carbons (Fsp3) is 0.438. The normalized spacial score (nSPS) is 14.9. The first kappa shape index (κ1) is 16.8. The molecule has 0 atom stereocenters. The van der Waals surface area contributed by atoms with Gasteiger partial charge in [0, 0.05) is 18.3 Å². The first-order valence-corrected chi connectivity index (χ1v) is 7.51. The number of hydrogen-bond acceptors (Lipinski definition) is 3. The predicted octanol–water partition coefficient (Wildman–Crippen LogP) is 1.70. The fourth-order valence-electron chi connectivity index (χ4n) is 2.15. The van der Waals surface area contributed by atoms with E-state index in [-0.39, 0.29) is 18.6 Å². The zero-order valence-electron chi connectivity index (χ0n) is 13.2. The van der Waals surface area contributed by atoms with E-state index >= 15 is 0 Å². The summed E-state index contributed by atoms with van der Waals surface area (Å²) in [4.78, 5) is 34.5. The first-order chi connectivity index (χ1) is 10.8. The van der Waals surface area contributed by atoms with Crippen LogP contribution in [-0.4, -0.2) is 29.1 Å². The van der Waals surface area contributed by atoms with Gasteiger partial charge in [0.25, 0.3) is 0 Å². The van der Waals surface area contributed by atoms with Crippen molar-refractivity contribution < 1.29 is 19.5 Å². The highest BCUT2D eigenvalue weighted by atomic mass is 16.4. The number of carboxylic acids is 1. The van der Waals surface area contributed by atoms with Gasteiger partial charge < -0.3 is 21.1 Å². The molecule has 4 N–H and O–H groups in total. The highest BCUT2D eigenvalue weighted by Gasteiger charge is 2.56. The summed E-state index contributed by atoms with van der Waals surface area (Å²) >= 11 is 0. The van der Waals surface area contributed by atoms with Gasteiger partial charge in [-0.1, -0.05) is 12.1 Å². The first-order valence-electron chi connectivity index (χ1n) is 7.51. The van der Waals surface area contributed by atoms with Crippen molar-refractivity contribution >= 4 is 23.6 Å². The van der Waals surface area contributed by atoms with Crippen molar-refractivity contribution in [1.29, 1.82) is 0 Å². The molecule has 1 aliphatic rings. The van der Waals surface area contributed by atoms with Crippen LogP contribution in [0.25, 0.3) is 0 Å². The fourth-order valence-corrected chi connectivity index (χ4v) is 2.15. The van der Waals surface area contributed by atoms with Crippen LogP contribution in [0, 0.1) is 5.41 Å². The maximum Gasteiger partial charge on any atom is 0.319 e. The highest BCUT2D eigenvalue weighted by Crippen LogP contribution is 2.46. The van der Waals surface area contributed by atoms with Crippen LogP contribution >= 0.6 is 0 Å². The Balaban J connectivity index is 1.85. The third-order valence-electron chi connectivity index (χ3n) is 3.68. The van der Waals surface area contributed by atoms with Crippen LogP contribution in [0.1, 0.15) is 32.3 Å². The van der Waals surface area contributed by atoms with Crippen molar-refractivity contribution in [2.24, 2.45) is 5.41 Å². The number of carbonyl (C=O) groups excluding carboxylic acids is 2. The molecule has 0 heterocycles. The maximum absolute atomic E-state index is 11.9. The van der Waals surface area contributed by atoms with Crippen LogP contribution in [-0.2, 0) is 16.1 Å². The molecule has 0 bridgehead atoms. The zero-order chi connectivity index (χ0) is 17.0. The predicted molar refractivity (Wildman–Crippen MR) is 84.9 cm³/mol. The largest absolute Gasteiger partial charge is 0.480 e. The van der Waals surface area contributed by atoms with E-state index in [4.69, 9.17) is 5.11 Å². The number of carbonyl (C=O) groups is 3. The average Bonchev–Trinajstić information content (AvgIpc) is 3.27. The lowest BCUT2D eigenvalue weighted by atomic mass is 10.1. The second-order valence-electron chi connectivity index (χ2n) is 6.02. The Hall–Kier alpha value is -2.57. The maximum atomic E-state index is 11.9. The van der Waals surface area contributed by atoms with Crippen LogP contribution < -0.4 is 16.0 Å².